The quantitative estimate of drug-likeness (QED) is 0.517. The normalized spacial score (nSPS) is 12.6. The fraction of sp³-hybridized carbons (Fsp3) is 0.562. The fourth-order valence-electron chi connectivity index (χ4n) is 1.76. The third kappa shape index (κ3) is 5.84. The summed E-state index contributed by atoms with van der Waals surface area (Å²) in [5.74, 6) is -0.0128. The van der Waals surface area contributed by atoms with E-state index in [-0.39, 0.29) is 18.0 Å². The second-order valence-corrected chi connectivity index (χ2v) is 6.55. The molecular formula is C16H24O4P+. The summed E-state index contributed by atoms with van der Waals surface area (Å²) >= 11 is 0. The molecule has 0 saturated carbocycles. The Bertz CT molecular complexity index is 473. The molecule has 0 aromatic heterocycles. The fourth-order valence-corrected chi connectivity index (χ4v) is 3.24. The van der Waals surface area contributed by atoms with Crippen LogP contribution in [-0.4, -0.2) is 25.3 Å². The predicted molar refractivity (Wildman–Crippen MR) is 84.7 cm³/mol. The predicted octanol–water partition coefficient (Wildman–Crippen LogP) is 3.52. The van der Waals surface area contributed by atoms with Crippen LogP contribution in [0.2, 0.25) is 0 Å². The number of carbonyl (C=O) groups excluding carboxylic acids is 1. The van der Waals surface area contributed by atoms with Crippen molar-refractivity contribution >= 4 is 19.1 Å². The number of hydrogen-bond acceptors (Lipinski definition) is 4. The Hall–Kier alpha value is -1.41. The monoisotopic (exact) mass is 311 g/mol. The second kappa shape index (κ2) is 9.51. The van der Waals surface area contributed by atoms with E-state index in [0.717, 1.165) is 12.8 Å². The average Bonchev–Trinajstić information content (AvgIpc) is 2.50. The van der Waals surface area contributed by atoms with Crippen molar-refractivity contribution in [2.45, 2.75) is 33.6 Å². The van der Waals surface area contributed by atoms with Crippen molar-refractivity contribution in [3.63, 3.8) is 0 Å². The molecule has 2 atom stereocenters. The number of carbonyl (C=O) groups is 1. The Labute approximate surface area is 127 Å². The molecule has 0 amide bonds. The molecule has 0 bridgehead atoms. The van der Waals surface area contributed by atoms with Crippen LogP contribution in [0.4, 0.5) is 0 Å². The molecule has 0 aliphatic carbocycles. The van der Waals surface area contributed by atoms with E-state index in [1.807, 2.05) is 32.0 Å². The van der Waals surface area contributed by atoms with Gasteiger partial charge in [-0.05, 0) is 31.9 Å². The first-order chi connectivity index (χ1) is 10.1. The number of rotatable bonds is 9. The van der Waals surface area contributed by atoms with Crippen molar-refractivity contribution in [3.8, 4) is 5.75 Å². The highest BCUT2D eigenvalue weighted by Crippen LogP contribution is 2.29. The maximum absolute atomic E-state index is 12.5. The highest BCUT2D eigenvalue weighted by atomic mass is 31.1. The Morgan fingerprint density at radius 3 is 2.52 bits per heavy atom. The third-order valence-corrected chi connectivity index (χ3v) is 4.67. The summed E-state index contributed by atoms with van der Waals surface area (Å²) in [6, 6.07) is 7.31. The van der Waals surface area contributed by atoms with Gasteiger partial charge in [-0.2, -0.15) is 0 Å². The highest BCUT2D eigenvalue weighted by molar-refractivity contribution is 7.53. The molecule has 0 radical (unpaired) electrons. The van der Waals surface area contributed by atoms with Crippen molar-refractivity contribution in [3.05, 3.63) is 24.3 Å². The van der Waals surface area contributed by atoms with Crippen molar-refractivity contribution in [1.29, 1.82) is 0 Å². The van der Waals surface area contributed by atoms with Gasteiger partial charge in [0.1, 0.15) is 0 Å². The zero-order valence-corrected chi connectivity index (χ0v) is 13.9. The minimum absolute atomic E-state index is 0.282. The van der Waals surface area contributed by atoms with E-state index in [1.54, 1.807) is 13.0 Å². The molecule has 1 rings (SSSR count). The summed E-state index contributed by atoms with van der Waals surface area (Å²) in [5, 5.41) is 0.677. The van der Waals surface area contributed by atoms with Crippen LogP contribution < -0.4 is 10.0 Å². The number of para-hydroxylation sites is 1. The SMILES string of the molecule is CCCOC(=O)C(C)C[P+](=O)c1ccccc1OCCC. The van der Waals surface area contributed by atoms with Crippen LogP contribution in [-0.2, 0) is 14.1 Å². The minimum Gasteiger partial charge on any atom is -0.489 e. The van der Waals surface area contributed by atoms with Gasteiger partial charge in [0.25, 0.3) is 0 Å². The van der Waals surface area contributed by atoms with Gasteiger partial charge in [0.05, 0.1) is 19.1 Å². The van der Waals surface area contributed by atoms with E-state index >= 15 is 0 Å². The largest absolute Gasteiger partial charge is 0.489 e. The van der Waals surface area contributed by atoms with Crippen LogP contribution in [0.1, 0.15) is 33.6 Å². The Balaban J connectivity index is 2.68. The standard InChI is InChI=1S/C16H24O4P/c1-4-10-19-14-8-6-7-9-15(14)21(18)12-13(3)16(17)20-11-5-2/h6-9,13H,4-5,10-12H2,1-3H3/q+1. The van der Waals surface area contributed by atoms with Crippen molar-refractivity contribution in [2.75, 3.05) is 19.4 Å². The molecular weight excluding hydrogens is 287 g/mol. The van der Waals surface area contributed by atoms with Crippen LogP contribution in [0, 0.1) is 5.92 Å². The summed E-state index contributed by atoms with van der Waals surface area (Å²) in [4.78, 5) is 11.7. The summed E-state index contributed by atoms with van der Waals surface area (Å²) in [7, 11) is -1.68. The van der Waals surface area contributed by atoms with Gasteiger partial charge in [-0.15, -0.1) is 0 Å². The maximum Gasteiger partial charge on any atom is 0.381 e. The van der Waals surface area contributed by atoms with E-state index in [9.17, 15) is 9.36 Å². The molecule has 0 heterocycles. The van der Waals surface area contributed by atoms with Crippen LogP contribution >= 0.6 is 7.80 Å². The lowest BCUT2D eigenvalue weighted by Crippen LogP contribution is -2.19. The molecule has 0 spiro atoms. The molecule has 21 heavy (non-hydrogen) atoms. The van der Waals surface area contributed by atoms with Gasteiger partial charge < -0.3 is 9.47 Å². The van der Waals surface area contributed by atoms with Gasteiger partial charge in [0.15, 0.2) is 11.9 Å². The molecule has 0 aliphatic rings. The van der Waals surface area contributed by atoms with Crippen LogP contribution in [0.15, 0.2) is 24.3 Å². The van der Waals surface area contributed by atoms with Crippen molar-refractivity contribution < 1.29 is 18.8 Å². The molecule has 5 heteroatoms. The van der Waals surface area contributed by atoms with E-state index in [4.69, 9.17) is 9.47 Å². The Kier molecular flexibility index (Phi) is 7.99. The molecule has 0 saturated heterocycles. The lowest BCUT2D eigenvalue weighted by Gasteiger charge is -2.07. The zero-order chi connectivity index (χ0) is 15.7. The van der Waals surface area contributed by atoms with Crippen LogP contribution in [0.25, 0.3) is 0 Å². The van der Waals surface area contributed by atoms with E-state index in [2.05, 4.69) is 0 Å². The highest BCUT2D eigenvalue weighted by Gasteiger charge is 2.31. The van der Waals surface area contributed by atoms with Crippen molar-refractivity contribution in [1.82, 2.24) is 0 Å². The van der Waals surface area contributed by atoms with Crippen molar-refractivity contribution in [2.24, 2.45) is 5.92 Å². The minimum atomic E-state index is -1.68. The van der Waals surface area contributed by atoms with E-state index in [0.29, 0.717) is 24.3 Å². The summed E-state index contributed by atoms with van der Waals surface area (Å²) in [5.41, 5.74) is 0. The van der Waals surface area contributed by atoms with Gasteiger partial charge in [-0.1, -0.05) is 30.5 Å². The van der Waals surface area contributed by atoms with Gasteiger partial charge in [0, 0.05) is 0 Å². The molecule has 2 unspecified atom stereocenters. The number of benzene rings is 1. The Morgan fingerprint density at radius 2 is 1.86 bits per heavy atom. The number of hydrogen-bond donors (Lipinski definition) is 0. The smallest absolute Gasteiger partial charge is 0.381 e. The second-order valence-electron chi connectivity index (χ2n) is 4.95. The molecule has 116 valence electrons. The molecule has 0 N–H and O–H groups in total. The molecule has 1 aromatic rings. The number of ether oxygens (including phenoxy) is 2. The van der Waals surface area contributed by atoms with Crippen LogP contribution in [0.5, 0.6) is 5.75 Å². The summed E-state index contributed by atoms with van der Waals surface area (Å²) in [6.45, 7) is 6.72. The maximum atomic E-state index is 12.5. The van der Waals surface area contributed by atoms with Crippen LogP contribution in [0.3, 0.4) is 0 Å². The zero-order valence-electron chi connectivity index (χ0n) is 13.0. The van der Waals surface area contributed by atoms with Gasteiger partial charge in [-0.25, -0.2) is 0 Å². The number of esters is 1. The topological polar surface area (TPSA) is 52.6 Å². The molecule has 0 aliphatic heterocycles. The molecule has 4 nitrogen and oxygen atoms in total. The summed E-state index contributed by atoms with van der Waals surface area (Å²) in [6.07, 6.45) is 1.97. The lowest BCUT2D eigenvalue weighted by atomic mass is 10.2. The molecule has 0 fully saturated rings. The van der Waals surface area contributed by atoms with E-state index < -0.39 is 7.80 Å². The summed E-state index contributed by atoms with van der Waals surface area (Å²) < 4.78 is 23.2. The molecule has 1 aromatic carbocycles. The van der Waals surface area contributed by atoms with Gasteiger partial charge in [0.2, 0.25) is 5.30 Å². The third-order valence-electron chi connectivity index (χ3n) is 2.89. The first kappa shape index (κ1) is 17.6. The first-order valence-corrected chi connectivity index (χ1v) is 8.87. The average molecular weight is 311 g/mol. The van der Waals surface area contributed by atoms with E-state index in [1.165, 1.54) is 0 Å². The first-order valence-electron chi connectivity index (χ1n) is 7.43. The lowest BCUT2D eigenvalue weighted by molar-refractivity contribution is -0.147. The van der Waals surface area contributed by atoms with Gasteiger partial charge in [-0.3, -0.25) is 4.79 Å². The Morgan fingerprint density at radius 1 is 1.19 bits per heavy atom. The van der Waals surface area contributed by atoms with Gasteiger partial charge >= 0.3 is 13.8 Å².